The Morgan fingerprint density at radius 2 is 1.20 bits per heavy atom. The quantitative estimate of drug-likeness (QED) is 0.242. The Kier molecular flexibility index (Phi) is 4.71. The highest BCUT2D eigenvalue weighted by molar-refractivity contribution is 6.75. The Balaban J connectivity index is 1.53. The van der Waals surface area contributed by atoms with Crippen molar-refractivity contribution >= 4 is 46.3 Å². The minimum atomic E-state index is -2.80. The Labute approximate surface area is 176 Å². The summed E-state index contributed by atoms with van der Waals surface area (Å²) in [5, 5.41) is 8.37. The molecule has 0 aliphatic rings. The minimum absolute atomic E-state index is 0.778. The molecule has 2 heterocycles. The van der Waals surface area contributed by atoms with Crippen LogP contribution in [0.2, 0.25) is 0 Å². The van der Waals surface area contributed by atoms with Gasteiger partial charge < -0.3 is 13.3 Å². The summed E-state index contributed by atoms with van der Waals surface area (Å²) < 4.78 is 19.0. The first-order valence-corrected chi connectivity index (χ1v) is 11.6. The van der Waals surface area contributed by atoms with Crippen LogP contribution < -0.4 is 9.75 Å². The Morgan fingerprint density at radius 3 is 1.73 bits per heavy atom. The molecule has 2 aromatic heterocycles. The molecule has 3 aromatic carbocycles. The Hall–Kier alpha value is -2.90. The van der Waals surface area contributed by atoms with E-state index in [1.165, 1.54) is 37.9 Å². The van der Waals surface area contributed by atoms with E-state index in [1.807, 2.05) is 24.5 Å². The van der Waals surface area contributed by atoms with Crippen molar-refractivity contribution in [1.29, 1.82) is 0 Å². The van der Waals surface area contributed by atoms with Gasteiger partial charge in [-0.3, -0.25) is 4.98 Å². The molecule has 30 heavy (non-hydrogen) atoms. The largest absolute Gasteiger partial charge is 0.536 e. The van der Waals surface area contributed by atoms with Gasteiger partial charge in [0.2, 0.25) is 0 Å². The first-order chi connectivity index (χ1) is 14.7. The van der Waals surface area contributed by atoms with Gasteiger partial charge in [-0.15, -0.1) is 0 Å². The lowest BCUT2D eigenvalue weighted by atomic mass is 9.97. The fourth-order valence-electron chi connectivity index (χ4n) is 4.35. The molecule has 0 unspecified atom stereocenters. The highest BCUT2D eigenvalue weighted by Gasteiger charge is 2.40. The van der Waals surface area contributed by atoms with Gasteiger partial charge in [-0.1, -0.05) is 36.4 Å². The molecular formula is C24H23N2O3Si+. The molecule has 0 spiro atoms. The number of benzene rings is 3. The molecule has 0 saturated carbocycles. The lowest BCUT2D eigenvalue weighted by molar-refractivity contribution is -0.685. The summed E-state index contributed by atoms with van der Waals surface area (Å²) in [5.41, 5.74) is 1.20. The SMILES string of the molecule is CO[Si](OC)(OC)c1ccc(C[n+]2cc3ccc4cncc5ccc(c2)c3c45)cc1. The smallest absolute Gasteiger partial charge is 0.373 e. The summed E-state index contributed by atoms with van der Waals surface area (Å²) in [6, 6.07) is 17.0. The molecule has 0 amide bonds. The zero-order valence-corrected chi connectivity index (χ0v) is 18.3. The van der Waals surface area contributed by atoms with Crippen molar-refractivity contribution in [3.8, 4) is 0 Å². The van der Waals surface area contributed by atoms with Crippen molar-refractivity contribution in [2.75, 3.05) is 21.3 Å². The molecule has 0 radical (unpaired) electrons. The summed E-state index contributed by atoms with van der Waals surface area (Å²) >= 11 is 0. The van der Waals surface area contributed by atoms with Gasteiger partial charge in [-0.2, -0.15) is 4.57 Å². The monoisotopic (exact) mass is 415 g/mol. The van der Waals surface area contributed by atoms with E-state index < -0.39 is 8.80 Å². The number of nitrogens with zero attached hydrogens (tertiary/aromatic N) is 2. The van der Waals surface area contributed by atoms with E-state index in [0.29, 0.717) is 0 Å². The number of aromatic nitrogens is 2. The van der Waals surface area contributed by atoms with Crippen LogP contribution in [0.5, 0.6) is 0 Å². The van der Waals surface area contributed by atoms with E-state index >= 15 is 0 Å². The lowest BCUT2D eigenvalue weighted by Crippen LogP contribution is -2.54. The maximum absolute atomic E-state index is 5.58. The maximum Gasteiger partial charge on any atom is 0.536 e. The van der Waals surface area contributed by atoms with E-state index in [9.17, 15) is 0 Å². The molecule has 5 rings (SSSR count). The van der Waals surface area contributed by atoms with Crippen LogP contribution in [-0.4, -0.2) is 35.1 Å². The van der Waals surface area contributed by atoms with Gasteiger partial charge in [0.1, 0.15) is 0 Å². The molecule has 5 nitrogen and oxygen atoms in total. The van der Waals surface area contributed by atoms with Crippen LogP contribution in [0.15, 0.2) is 73.3 Å². The highest BCUT2D eigenvalue weighted by atomic mass is 28.4. The van der Waals surface area contributed by atoms with E-state index in [4.69, 9.17) is 13.3 Å². The summed E-state index contributed by atoms with van der Waals surface area (Å²) in [4.78, 5) is 4.36. The molecule has 0 atom stereocenters. The Bertz CT molecular complexity index is 1260. The average molecular weight is 416 g/mol. The number of pyridine rings is 2. The standard InChI is InChI=1S/C24H23N2O3Si/c1-27-30(28-2,29-3)22-10-4-17(5-11-22)14-26-15-20-8-6-18-12-25-13-19-7-9-21(16-26)24(20)23(18)19/h4-13,15-16H,14H2,1-3H3/q+1. The molecule has 0 fully saturated rings. The van der Waals surface area contributed by atoms with Gasteiger partial charge in [0.15, 0.2) is 18.9 Å². The first-order valence-electron chi connectivity index (χ1n) is 9.84. The van der Waals surface area contributed by atoms with Crippen LogP contribution in [0.25, 0.3) is 32.3 Å². The number of hydrogen-bond donors (Lipinski definition) is 0. The molecule has 0 bridgehead atoms. The summed E-state index contributed by atoms with van der Waals surface area (Å²) in [6.45, 7) is 0.778. The van der Waals surface area contributed by atoms with Crippen LogP contribution in [0.1, 0.15) is 5.56 Å². The van der Waals surface area contributed by atoms with Gasteiger partial charge in [0, 0.05) is 76.8 Å². The van der Waals surface area contributed by atoms with Gasteiger partial charge in [-0.05, 0) is 12.1 Å². The van der Waals surface area contributed by atoms with Crippen LogP contribution >= 0.6 is 0 Å². The van der Waals surface area contributed by atoms with Crippen LogP contribution in [0, 0.1) is 0 Å². The molecular weight excluding hydrogens is 392 g/mol. The fourth-order valence-corrected chi connectivity index (χ4v) is 6.13. The van der Waals surface area contributed by atoms with E-state index in [0.717, 1.165) is 11.7 Å². The van der Waals surface area contributed by atoms with Crippen molar-refractivity contribution in [2.24, 2.45) is 0 Å². The van der Waals surface area contributed by atoms with Gasteiger partial charge in [0.05, 0.1) is 0 Å². The fraction of sp³-hybridized carbons (Fsp3) is 0.167. The average Bonchev–Trinajstić information content (AvgIpc) is 2.80. The van der Waals surface area contributed by atoms with Gasteiger partial charge in [0.25, 0.3) is 0 Å². The van der Waals surface area contributed by atoms with Gasteiger partial charge >= 0.3 is 8.80 Å². The first kappa shape index (κ1) is 19.1. The van der Waals surface area contributed by atoms with Crippen LogP contribution in [0.4, 0.5) is 0 Å². The zero-order chi connectivity index (χ0) is 20.7. The molecule has 0 saturated heterocycles. The summed E-state index contributed by atoms with van der Waals surface area (Å²) in [5.74, 6) is 0. The van der Waals surface area contributed by atoms with Crippen molar-refractivity contribution in [2.45, 2.75) is 6.54 Å². The normalized spacial score (nSPS) is 12.4. The summed E-state index contributed by atoms with van der Waals surface area (Å²) in [7, 11) is 2.08. The summed E-state index contributed by atoms with van der Waals surface area (Å²) in [6.07, 6.45) is 8.31. The third-order valence-corrected chi connectivity index (χ3v) is 8.46. The highest BCUT2D eigenvalue weighted by Crippen LogP contribution is 2.32. The molecule has 0 N–H and O–H groups in total. The second-order valence-corrected chi connectivity index (χ2v) is 10.4. The minimum Gasteiger partial charge on any atom is -0.373 e. The van der Waals surface area contributed by atoms with Crippen molar-refractivity contribution < 1.29 is 17.8 Å². The number of rotatable bonds is 6. The van der Waals surface area contributed by atoms with E-state index in [2.05, 4.69) is 58.3 Å². The molecule has 0 aliphatic carbocycles. The Morgan fingerprint density at radius 1 is 0.700 bits per heavy atom. The second-order valence-electron chi connectivity index (χ2n) is 7.44. The van der Waals surface area contributed by atoms with Crippen LogP contribution in [0.3, 0.4) is 0 Å². The van der Waals surface area contributed by atoms with Crippen molar-refractivity contribution in [1.82, 2.24) is 4.98 Å². The zero-order valence-electron chi connectivity index (χ0n) is 17.3. The van der Waals surface area contributed by atoms with Crippen molar-refractivity contribution in [3.05, 3.63) is 78.9 Å². The van der Waals surface area contributed by atoms with E-state index in [-0.39, 0.29) is 0 Å². The topological polar surface area (TPSA) is 44.5 Å². The molecule has 5 aromatic rings. The molecule has 150 valence electrons. The van der Waals surface area contributed by atoms with Crippen LogP contribution in [-0.2, 0) is 19.8 Å². The van der Waals surface area contributed by atoms with Crippen molar-refractivity contribution in [3.63, 3.8) is 0 Å². The second kappa shape index (κ2) is 7.41. The van der Waals surface area contributed by atoms with Gasteiger partial charge in [-0.25, -0.2) is 0 Å². The number of hydrogen-bond acceptors (Lipinski definition) is 4. The maximum atomic E-state index is 5.58. The van der Waals surface area contributed by atoms with E-state index in [1.54, 1.807) is 21.3 Å². The molecule has 6 heteroatoms. The third kappa shape index (κ3) is 2.97. The lowest BCUT2D eigenvalue weighted by Gasteiger charge is -2.24. The third-order valence-electron chi connectivity index (χ3n) is 5.81. The predicted molar refractivity (Wildman–Crippen MR) is 120 cm³/mol. The molecule has 0 aliphatic heterocycles. The predicted octanol–water partition coefficient (Wildman–Crippen LogP) is 3.40.